The highest BCUT2D eigenvalue weighted by Gasteiger charge is 2.15. The maximum atomic E-state index is 11.3. The van der Waals surface area contributed by atoms with Gasteiger partial charge in [0.1, 0.15) is 0 Å². The second kappa shape index (κ2) is 5.82. The number of nitrogens with two attached hydrogens (primary N) is 1. The second-order valence-corrected chi connectivity index (χ2v) is 6.31. The van der Waals surface area contributed by atoms with Crippen molar-refractivity contribution in [1.29, 1.82) is 0 Å². The zero-order chi connectivity index (χ0) is 14.8. The first kappa shape index (κ1) is 14.0. The van der Waals surface area contributed by atoms with E-state index in [-0.39, 0.29) is 5.56 Å². The van der Waals surface area contributed by atoms with Crippen molar-refractivity contribution in [3.05, 3.63) is 58.7 Å². The van der Waals surface area contributed by atoms with Crippen molar-refractivity contribution in [2.75, 3.05) is 5.73 Å². The monoisotopic (exact) mass is 299 g/mol. The van der Waals surface area contributed by atoms with Crippen LogP contribution in [0.2, 0.25) is 0 Å². The molecule has 0 saturated carbocycles. The third-order valence-electron chi connectivity index (χ3n) is 3.86. The Bertz CT molecular complexity index is 697. The van der Waals surface area contributed by atoms with Gasteiger partial charge in [-0.25, -0.2) is 4.79 Å². The average Bonchev–Trinajstić information content (AvgIpc) is 2.92. The Morgan fingerprint density at radius 3 is 2.81 bits per heavy atom. The first-order valence-electron chi connectivity index (χ1n) is 7.00. The minimum atomic E-state index is -0.961. The summed E-state index contributed by atoms with van der Waals surface area (Å²) in [7, 11) is 0. The maximum Gasteiger partial charge on any atom is 0.338 e. The topological polar surface area (TPSA) is 63.3 Å². The van der Waals surface area contributed by atoms with Crippen molar-refractivity contribution in [3.63, 3.8) is 0 Å². The number of carboxylic acids is 1. The second-order valence-electron chi connectivity index (χ2n) is 5.26. The lowest BCUT2D eigenvalue weighted by atomic mass is 10.1. The summed E-state index contributed by atoms with van der Waals surface area (Å²) >= 11 is 1.66. The Balaban J connectivity index is 1.79. The smallest absolute Gasteiger partial charge is 0.338 e. The molecule has 0 atom stereocenters. The molecule has 1 aliphatic carbocycles. The lowest BCUT2D eigenvalue weighted by Gasteiger charge is -2.09. The molecule has 0 unspecified atom stereocenters. The molecule has 0 heterocycles. The molecule has 3 nitrogen and oxygen atoms in total. The number of carbonyl (C=O) groups is 1. The fraction of sp³-hybridized carbons (Fsp3) is 0.235. The highest BCUT2D eigenvalue weighted by molar-refractivity contribution is 7.98. The summed E-state index contributed by atoms with van der Waals surface area (Å²) in [6.07, 6.45) is 3.57. The van der Waals surface area contributed by atoms with E-state index < -0.39 is 5.97 Å². The molecule has 3 rings (SSSR count). The predicted molar refractivity (Wildman–Crippen MR) is 85.8 cm³/mol. The standard InChI is InChI=1S/C17H17NO2S/c18-15-6-2-5-13(16(15)17(19)20)10-21-14-8-7-11-3-1-4-12(11)9-14/h2,5-9H,1,3-4,10,18H2,(H,19,20). The van der Waals surface area contributed by atoms with Crippen LogP contribution in [-0.2, 0) is 18.6 Å². The average molecular weight is 299 g/mol. The van der Waals surface area contributed by atoms with Crippen LogP contribution < -0.4 is 5.73 Å². The molecule has 0 aromatic heterocycles. The summed E-state index contributed by atoms with van der Waals surface area (Å²) < 4.78 is 0. The van der Waals surface area contributed by atoms with E-state index in [2.05, 4.69) is 18.2 Å². The number of aromatic carboxylic acids is 1. The zero-order valence-corrected chi connectivity index (χ0v) is 12.5. The molecule has 3 N–H and O–H groups in total. The quantitative estimate of drug-likeness (QED) is 0.666. The van der Waals surface area contributed by atoms with Crippen molar-refractivity contribution in [2.24, 2.45) is 0 Å². The van der Waals surface area contributed by atoms with Crippen molar-refractivity contribution in [3.8, 4) is 0 Å². The van der Waals surface area contributed by atoms with Crippen molar-refractivity contribution in [2.45, 2.75) is 29.9 Å². The lowest BCUT2D eigenvalue weighted by molar-refractivity contribution is 0.0697. The number of hydrogen-bond donors (Lipinski definition) is 2. The number of nitrogen functional groups attached to an aromatic ring is 1. The Morgan fingerprint density at radius 2 is 2.00 bits per heavy atom. The summed E-state index contributed by atoms with van der Waals surface area (Å²) in [5.41, 5.74) is 9.99. The van der Waals surface area contributed by atoms with Gasteiger partial charge in [-0.1, -0.05) is 18.2 Å². The molecule has 0 aliphatic heterocycles. The van der Waals surface area contributed by atoms with Crippen molar-refractivity contribution >= 4 is 23.4 Å². The fourth-order valence-corrected chi connectivity index (χ4v) is 3.75. The first-order chi connectivity index (χ1) is 10.1. The first-order valence-corrected chi connectivity index (χ1v) is 7.99. The number of fused-ring (bicyclic) bond motifs is 1. The fourth-order valence-electron chi connectivity index (χ4n) is 2.80. The van der Waals surface area contributed by atoms with Gasteiger partial charge in [-0.2, -0.15) is 0 Å². The van der Waals surface area contributed by atoms with Gasteiger partial charge in [0, 0.05) is 16.3 Å². The molecule has 108 valence electrons. The van der Waals surface area contributed by atoms with E-state index in [9.17, 15) is 9.90 Å². The van der Waals surface area contributed by atoms with Gasteiger partial charge >= 0.3 is 5.97 Å². The van der Waals surface area contributed by atoms with Crippen molar-refractivity contribution < 1.29 is 9.90 Å². The molecule has 4 heteroatoms. The molecule has 1 aliphatic rings. The SMILES string of the molecule is Nc1cccc(CSc2ccc3c(c2)CCC3)c1C(=O)O. The molecular formula is C17H17NO2S. The molecule has 0 amide bonds. The largest absolute Gasteiger partial charge is 0.478 e. The van der Waals surface area contributed by atoms with Crippen LogP contribution in [0.3, 0.4) is 0 Å². The summed E-state index contributed by atoms with van der Waals surface area (Å²) in [6.45, 7) is 0. The molecule has 2 aromatic carbocycles. The van der Waals surface area contributed by atoms with E-state index in [0.717, 1.165) is 12.0 Å². The van der Waals surface area contributed by atoms with Crippen LogP contribution in [0.25, 0.3) is 0 Å². The predicted octanol–water partition coefficient (Wildman–Crippen LogP) is 3.75. The van der Waals surface area contributed by atoms with Crippen LogP contribution in [0.1, 0.15) is 33.5 Å². The summed E-state index contributed by atoms with van der Waals surface area (Å²) in [5, 5.41) is 9.28. The molecule has 0 fully saturated rings. The van der Waals surface area contributed by atoms with Crippen LogP contribution in [0.5, 0.6) is 0 Å². The number of anilines is 1. The Kier molecular flexibility index (Phi) is 3.88. The number of thioether (sulfide) groups is 1. The highest BCUT2D eigenvalue weighted by Crippen LogP contribution is 2.30. The maximum absolute atomic E-state index is 11.3. The van der Waals surface area contributed by atoms with Gasteiger partial charge in [0.05, 0.1) is 5.56 Å². The van der Waals surface area contributed by atoms with Gasteiger partial charge in [-0.3, -0.25) is 0 Å². The van der Waals surface area contributed by atoms with Gasteiger partial charge < -0.3 is 10.8 Å². The van der Waals surface area contributed by atoms with E-state index in [1.807, 2.05) is 6.07 Å². The van der Waals surface area contributed by atoms with Gasteiger partial charge in [0.2, 0.25) is 0 Å². The third kappa shape index (κ3) is 2.90. The van der Waals surface area contributed by atoms with Crippen LogP contribution in [-0.4, -0.2) is 11.1 Å². The van der Waals surface area contributed by atoms with Crippen LogP contribution in [0, 0.1) is 0 Å². The van der Waals surface area contributed by atoms with Gasteiger partial charge in [0.25, 0.3) is 0 Å². The Morgan fingerprint density at radius 1 is 1.19 bits per heavy atom. The Hall–Kier alpha value is -1.94. The molecular weight excluding hydrogens is 282 g/mol. The van der Waals surface area contributed by atoms with E-state index in [1.54, 1.807) is 23.9 Å². The summed E-state index contributed by atoms with van der Waals surface area (Å²) in [6, 6.07) is 11.8. The van der Waals surface area contributed by atoms with Gasteiger partial charge in [-0.15, -0.1) is 11.8 Å². The van der Waals surface area contributed by atoms with Gasteiger partial charge in [-0.05, 0) is 54.2 Å². The van der Waals surface area contributed by atoms with Crippen molar-refractivity contribution in [1.82, 2.24) is 0 Å². The van der Waals surface area contributed by atoms with Crippen LogP contribution in [0.4, 0.5) is 5.69 Å². The molecule has 0 radical (unpaired) electrons. The number of benzene rings is 2. The third-order valence-corrected chi connectivity index (χ3v) is 4.90. The van der Waals surface area contributed by atoms with E-state index >= 15 is 0 Å². The molecule has 0 saturated heterocycles. The Labute approximate surface area is 128 Å². The van der Waals surface area contributed by atoms with Gasteiger partial charge in [0.15, 0.2) is 0 Å². The molecule has 21 heavy (non-hydrogen) atoms. The summed E-state index contributed by atoms with van der Waals surface area (Å²) in [5.74, 6) is -0.344. The van der Waals surface area contributed by atoms with E-state index in [0.29, 0.717) is 11.4 Å². The molecule has 2 aromatic rings. The molecule has 0 bridgehead atoms. The van der Waals surface area contributed by atoms with Crippen LogP contribution in [0.15, 0.2) is 41.3 Å². The minimum absolute atomic E-state index is 0.228. The normalized spacial score (nSPS) is 13.1. The summed E-state index contributed by atoms with van der Waals surface area (Å²) in [4.78, 5) is 12.5. The lowest BCUT2D eigenvalue weighted by Crippen LogP contribution is -2.06. The highest BCUT2D eigenvalue weighted by atomic mass is 32.2. The zero-order valence-electron chi connectivity index (χ0n) is 11.6. The van der Waals surface area contributed by atoms with Crippen LogP contribution >= 0.6 is 11.8 Å². The number of aryl methyl sites for hydroxylation is 2. The number of carboxylic acid groups (broad SMARTS) is 1. The van der Waals surface area contributed by atoms with E-state index in [4.69, 9.17) is 5.73 Å². The molecule has 0 spiro atoms. The number of hydrogen-bond acceptors (Lipinski definition) is 3. The minimum Gasteiger partial charge on any atom is -0.478 e. The number of rotatable bonds is 4. The van der Waals surface area contributed by atoms with E-state index in [1.165, 1.54) is 28.9 Å².